The summed E-state index contributed by atoms with van der Waals surface area (Å²) in [5.41, 5.74) is 4.01. The maximum atomic E-state index is 13.1. The summed E-state index contributed by atoms with van der Waals surface area (Å²) >= 11 is 6.68. The summed E-state index contributed by atoms with van der Waals surface area (Å²) in [5.74, 6) is 0.0410. The molecule has 2 aromatic carbocycles. The number of rotatable bonds is 7. The van der Waals surface area contributed by atoms with Crippen LogP contribution in [0.25, 0.3) is 11.1 Å². The zero-order chi connectivity index (χ0) is 25.8. The Kier molecular flexibility index (Phi) is 8.00. The monoisotopic (exact) mass is 526 g/mol. The Hall–Kier alpha value is -2.65. The molecular formula is C28H35ClN4O4. The molecule has 1 spiro atoms. The molecule has 1 saturated carbocycles. The molecule has 1 aliphatic carbocycles. The molecule has 0 atom stereocenters. The highest BCUT2D eigenvalue weighted by Crippen LogP contribution is 2.46. The fourth-order valence-corrected chi connectivity index (χ4v) is 6.05. The second kappa shape index (κ2) is 11.4. The van der Waals surface area contributed by atoms with E-state index in [9.17, 15) is 9.59 Å². The lowest BCUT2D eigenvalue weighted by Crippen LogP contribution is -2.52. The van der Waals surface area contributed by atoms with Crippen molar-refractivity contribution in [1.29, 1.82) is 0 Å². The molecule has 3 aliphatic rings. The van der Waals surface area contributed by atoms with E-state index < -0.39 is 0 Å². The third kappa shape index (κ3) is 5.62. The Labute approximate surface area is 222 Å². The minimum Gasteiger partial charge on any atom is -0.394 e. The van der Waals surface area contributed by atoms with Gasteiger partial charge in [-0.15, -0.1) is 0 Å². The summed E-state index contributed by atoms with van der Waals surface area (Å²) in [4.78, 5) is 29.7. The van der Waals surface area contributed by atoms with Gasteiger partial charge in [0.05, 0.1) is 36.1 Å². The fourth-order valence-electron chi connectivity index (χ4n) is 5.78. The third-order valence-electron chi connectivity index (χ3n) is 7.82. The molecular weight excluding hydrogens is 492 g/mol. The number of fused-ring (bicyclic) bond motifs is 2. The Morgan fingerprint density at radius 2 is 1.73 bits per heavy atom. The fraction of sp³-hybridized carbons (Fsp3) is 0.500. The molecule has 0 aromatic heterocycles. The first-order chi connectivity index (χ1) is 18.0. The number of aliphatic hydroxyl groups excluding tert-OH is 1. The van der Waals surface area contributed by atoms with Gasteiger partial charge in [-0.1, -0.05) is 43.0 Å². The van der Waals surface area contributed by atoms with Crippen molar-refractivity contribution in [2.24, 2.45) is 0 Å². The van der Waals surface area contributed by atoms with E-state index in [1.165, 1.54) is 6.42 Å². The van der Waals surface area contributed by atoms with Crippen LogP contribution in [0.4, 0.5) is 10.5 Å². The summed E-state index contributed by atoms with van der Waals surface area (Å²) in [6.45, 7) is 4.78. The number of benzene rings is 2. The number of anilines is 1. The lowest BCUT2D eigenvalue weighted by Gasteiger charge is -2.43. The molecule has 8 nitrogen and oxygen atoms in total. The Bertz CT molecular complexity index is 1130. The number of nitrogens with one attached hydrogen (secondary N) is 2. The number of carbonyl (C=O) groups is 2. The Morgan fingerprint density at radius 3 is 2.43 bits per heavy atom. The number of aliphatic hydroxyl groups is 1. The molecule has 0 radical (unpaired) electrons. The van der Waals surface area contributed by atoms with Crippen molar-refractivity contribution in [1.82, 2.24) is 15.1 Å². The van der Waals surface area contributed by atoms with Crippen LogP contribution >= 0.6 is 11.6 Å². The van der Waals surface area contributed by atoms with Crippen LogP contribution in [0.1, 0.15) is 48.0 Å². The smallest absolute Gasteiger partial charge is 0.319 e. The molecule has 2 heterocycles. The van der Waals surface area contributed by atoms with E-state index in [-0.39, 0.29) is 24.1 Å². The van der Waals surface area contributed by atoms with Gasteiger partial charge >= 0.3 is 6.03 Å². The van der Waals surface area contributed by atoms with Crippen molar-refractivity contribution in [2.75, 3.05) is 57.9 Å². The van der Waals surface area contributed by atoms with Gasteiger partial charge in [0.1, 0.15) is 0 Å². The SMILES string of the molecule is O=C1Nc2c(Cl)cc(-c3ccc(C(=O)N4CCN(CCOCCO)CC4)cc3)cc2C2(CCCCC2)N1. The first-order valence-electron chi connectivity index (χ1n) is 13.2. The van der Waals surface area contributed by atoms with Crippen molar-refractivity contribution < 1.29 is 19.4 Å². The lowest BCUT2D eigenvalue weighted by atomic mass is 9.74. The van der Waals surface area contributed by atoms with Gasteiger partial charge in [0.2, 0.25) is 0 Å². The van der Waals surface area contributed by atoms with Crippen LogP contribution in [-0.2, 0) is 10.3 Å². The maximum absolute atomic E-state index is 13.1. The standard InChI is InChI=1S/C28H35ClN4O4/c29-24-19-22(18-23-25(24)30-27(36)31-28(23)8-2-1-3-9-28)20-4-6-21(7-5-20)26(35)33-12-10-32(11-13-33)14-16-37-17-15-34/h4-7,18-19,34H,1-3,8-17H2,(H2,30,31,36). The number of hydrogen-bond donors (Lipinski definition) is 3. The van der Waals surface area contributed by atoms with Gasteiger partial charge in [-0.3, -0.25) is 9.69 Å². The normalized spacial score (nSPS) is 19.3. The molecule has 5 rings (SSSR count). The van der Waals surface area contributed by atoms with Gasteiger partial charge < -0.3 is 25.4 Å². The average Bonchev–Trinajstić information content (AvgIpc) is 2.92. The van der Waals surface area contributed by atoms with E-state index in [2.05, 4.69) is 21.6 Å². The highest BCUT2D eigenvalue weighted by Gasteiger charge is 2.41. The van der Waals surface area contributed by atoms with Crippen molar-refractivity contribution in [2.45, 2.75) is 37.6 Å². The van der Waals surface area contributed by atoms with Crippen LogP contribution in [0, 0.1) is 0 Å². The molecule has 2 aromatic rings. The number of amides is 3. The van der Waals surface area contributed by atoms with Crippen molar-refractivity contribution in [3.63, 3.8) is 0 Å². The van der Waals surface area contributed by atoms with E-state index >= 15 is 0 Å². The van der Waals surface area contributed by atoms with E-state index in [0.717, 1.165) is 62.0 Å². The number of carbonyl (C=O) groups excluding carboxylic acids is 2. The number of ether oxygens (including phenoxy) is 1. The summed E-state index contributed by atoms with van der Waals surface area (Å²) in [7, 11) is 0. The maximum Gasteiger partial charge on any atom is 0.319 e. The Morgan fingerprint density at radius 1 is 1.00 bits per heavy atom. The van der Waals surface area contributed by atoms with E-state index in [4.69, 9.17) is 21.4 Å². The highest BCUT2D eigenvalue weighted by molar-refractivity contribution is 6.34. The molecule has 37 heavy (non-hydrogen) atoms. The number of piperazine rings is 1. The molecule has 198 valence electrons. The highest BCUT2D eigenvalue weighted by atomic mass is 35.5. The minimum atomic E-state index is -0.376. The Balaban J connectivity index is 1.28. The van der Waals surface area contributed by atoms with Gasteiger partial charge in [0.25, 0.3) is 5.91 Å². The third-order valence-corrected chi connectivity index (χ3v) is 8.11. The van der Waals surface area contributed by atoms with Gasteiger partial charge in [-0.05, 0) is 48.2 Å². The molecule has 3 amide bonds. The zero-order valence-electron chi connectivity index (χ0n) is 21.1. The lowest BCUT2D eigenvalue weighted by molar-refractivity contribution is 0.0486. The van der Waals surface area contributed by atoms with Crippen molar-refractivity contribution in [3.8, 4) is 11.1 Å². The van der Waals surface area contributed by atoms with Gasteiger partial charge in [-0.25, -0.2) is 4.79 Å². The molecule has 3 N–H and O–H groups in total. The second-order valence-corrected chi connectivity index (χ2v) is 10.6. The molecule has 2 fully saturated rings. The van der Waals surface area contributed by atoms with E-state index in [1.54, 1.807) is 0 Å². The molecule has 0 unspecified atom stereocenters. The van der Waals surface area contributed by atoms with Crippen molar-refractivity contribution >= 4 is 29.2 Å². The van der Waals surface area contributed by atoms with Gasteiger partial charge in [0, 0.05) is 43.9 Å². The minimum absolute atomic E-state index is 0.0385. The molecule has 2 aliphatic heterocycles. The largest absolute Gasteiger partial charge is 0.394 e. The van der Waals surface area contributed by atoms with Gasteiger partial charge in [0.15, 0.2) is 0 Å². The van der Waals surface area contributed by atoms with E-state index in [1.807, 2.05) is 35.2 Å². The average molecular weight is 527 g/mol. The molecule has 9 heteroatoms. The van der Waals surface area contributed by atoms with Crippen LogP contribution in [0.5, 0.6) is 0 Å². The summed E-state index contributed by atoms with van der Waals surface area (Å²) in [6.07, 6.45) is 5.14. The molecule has 0 bridgehead atoms. The van der Waals surface area contributed by atoms with Crippen LogP contribution in [0.3, 0.4) is 0 Å². The zero-order valence-corrected chi connectivity index (χ0v) is 21.9. The van der Waals surface area contributed by atoms with E-state index in [0.29, 0.717) is 42.6 Å². The molecule has 1 saturated heterocycles. The van der Waals surface area contributed by atoms with Crippen LogP contribution in [0.2, 0.25) is 5.02 Å². The van der Waals surface area contributed by atoms with Crippen molar-refractivity contribution in [3.05, 3.63) is 52.5 Å². The van der Waals surface area contributed by atoms with Crippen LogP contribution in [-0.4, -0.2) is 79.4 Å². The first kappa shape index (κ1) is 26.0. The van der Waals surface area contributed by atoms with Crippen LogP contribution in [0.15, 0.2) is 36.4 Å². The number of nitrogens with zero attached hydrogens (tertiary/aromatic N) is 2. The quantitative estimate of drug-likeness (QED) is 0.473. The second-order valence-electron chi connectivity index (χ2n) is 10.1. The first-order valence-corrected chi connectivity index (χ1v) is 13.6. The summed E-state index contributed by atoms with van der Waals surface area (Å²) in [5, 5.41) is 15.4. The predicted octanol–water partition coefficient (Wildman–Crippen LogP) is 4.07. The number of urea groups is 1. The summed E-state index contributed by atoms with van der Waals surface area (Å²) < 4.78 is 5.35. The topological polar surface area (TPSA) is 94.1 Å². The van der Waals surface area contributed by atoms with Crippen LogP contribution < -0.4 is 10.6 Å². The number of hydrogen-bond acceptors (Lipinski definition) is 5. The number of halogens is 1. The van der Waals surface area contributed by atoms with Gasteiger partial charge in [-0.2, -0.15) is 0 Å². The summed E-state index contributed by atoms with van der Waals surface area (Å²) in [6, 6.07) is 11.6. The predicted molar refractivity (Wildman–Crippen MR) is 144 cm³/mol.